The summed E-state index contributed by atoms with van der Waals surface area (Å²) < 4.78 is 5.87. The number of nitrogens with zero attached hydrogens (tertiary/aromatic N) is 4. The second kappa shape index (κ2) is 10.9. The molecular weight excluding hydrogens is 452 g/mol. The number of rotatable bonds is 7. The number of fused-ring (bicyclic) bond motifs is 1. The number of anilines is 2. The number of benzene rings is 1. The zero-order chi connectivity index (χ0) is 24.9. The minimum atomic E-state index is -0.154. The maximum atomic E-state index is 13.1. The number of nitrogens with one attached hydrogen (secondary N) is 2. The van der Waals surface area contributed by atoms with Crippen molar-refractivity contribution in [2.75, 3.05) is 24.3 Å². The quantitative estimate of drug-likeness (QED) is 0.497. The topological polar surface area (TPSA) is 92.3 Å². The highest BCUT2D eigenvalue weighted by Crippen LogP contribution is 2.30. The van der Waals surface area contributed by atoms with Gasteiger partial charge in [0.25, 0.3) is 5.91 Å². The van der Waals surface area contributed by atoms with Crippen LogP contribution in [0.1, 0.15) is 60.1 Å². The third kappa shape index (κ3) is 5.58. The maximum Gasteiger partial charge on any atom is 0.257 e. The lowest BCUT2D eigenvalue weighted by molar-refractivity contribution is 0.0923. The predicted octanol–water partition coefficient (Wildman–Crippen LogP) is 4.76. The van der Waals surface area contributed by atoms with Gasteiger partial charge in [0.1, 0.15) is 17.1 Å². The molecule has 0 saturated heterocycles. The number of aryl methyl sites for hydroxylation is 1. The molecule has 2 aliphatic carbocycles. The van der Waals surface area contributed by atoms with Crippen molar-refractivity contribution in [1.29, 1.82) is 0 Å². The largest absolute Gasteiger partial charge is 0.438 e. The molecule has 1 saturated carbocycles. The van der Waals surface area contributed by atoms with E-state index in [2.05, 4.69) is 20.5 Å². The molecule has 0 radical (unpaired) electrons. The molecule has 0 spiro atoms. The summed E-state index contributed by atoms with van der Waals surface area (Å²) in [6.45, 7) is 0. The fourth-order valence-electron chi connectivity index (χ4n) is 5.08. The molecule has 8 nitrogen and oxygen atoms in total. The number of ether oxygens (including phenoxy) is 1. The van der Waals surface area contributed by atoms with Crippen molar-refractivity contribution in [3.05, 3.63) is 65.5 Å². The Hall–Kier alpha value is -3.68. The summed E-state index contributed by atoms with van der Waals surface area (Å²) in [6.07, 6.45) is 9.80. The number of aromatic nitrogens is 3. The van der Waals surface area contributed by atoms with Gasteiger partial charge in [-0.25, -0.2) is 9.97 Å². The van der Waals surface area contributed by atoms with Gasteiger partial charge in [0.05, 0.1) is 5.69 Å². The molecular formula is C28H34N6O2. The lowest BCUT2D eigenvalue weighted by Crippen LogP contribution is -2.40. The second-order valence-corrected chi connectivity index (χ2v) is 9.84. The molecule has 5 rings (SSSR count). The summed E-state index contributed by atoms with van der Waals surface area (Å²) >= 11 is 0. The van der Waals surface area contributed by atoms with Crippen LogP contribution in [0.2, 0.25) is 0 Å². The fraction of sp³-hybridized carbons (Fsp3) is 0.429. The van der Waals surface area contributed by atoms with Crippen LogP contribution < -0.4 is 20.3 Å². The molecule has 0 bridgehead atoms. The highest BCUT2D eigenvalue weighted by Gasteiger charge is 2.26. The van der Waals surface area contributed by atoms with E-state index in [-0.39, 0.29) is 11.9 Å². The van der Waals surface area contributed by atoms with E-state index in [1.165, 1.54) is 24.1 Å². The Balaban J connectivity index is 1.18. The van der Waals surface area contributed by atoms with Crippen molar-refractivity contribution in [2.45, 2.75) is 63.5 Å². The molecule has 36 heavy (non-hydrogen) atoms. The van der Waals surface area contributed by atoms with Crippen molar-refractivity contribution < 1.29 is 9.53 Å². The third-order valence-corrected chi connectivity index (χ3v) is 6.95. The van der Waals surface area contributed by atoms with Crippen LogP contribution in [0.5, 0.6) is 11.6 Å². The molecule has 0 atom stereocenters. The highest BCUT2D eigenvalue weighted by molar-refractivity contribution is 5.96. The highest BCUT2D eigenvalue weighted by atomic mass is 16.5. The number of carbonyl (C=O) groups is 1. The van der Waals surface area contributed by atoms with Crippen molar-refractivity contribution in [1.82, 2.24) is 20.3 Å². The van der Waals surface area contributed by atoms with Crippen molar-refractivity contribution in [3.63, 3.8) is 0 Å². The van der Waals surface area contributed by atoms with Crippen LogP contribution in [0.4, 0.5) is 11.8 Å². The third-order valence-electron chi connectivity index (χ3n) is 6.95. The number of hydrogen-bond donors (Lipinski definition) is 2. The second-order valence-electron chi connectivity index (χ2n) is 9.84. The van der Waals surface area contributed by atoms with Crippen molar-refractivity contribution in [2.24, 2.45) is 0 Å². The van der Waals surface area contributed by atoms with Gasteiger partial charge in [-0.3, -0.25) is 4.79 Å². The van der Waals surface area contributed by atoms with Gasteiger partial charge in [-0.1, -0.05) is 18.2 Å². The summed E-state index contributed by atoms with van der Waals surface area (Å²) in [5.74, 6) is 2.58. The maximum absolute atomic E-state index is 13.1. The first-order chi connectivity index (χ1) is 17.6. The molecule has 1 fully saturated rings. The molecule has 8 heteroatoms. The summed E-state index contributed by atoms with van der Waals surface area (Å²) in [5, 5.41) is 6.76. The summed E-state index contributed by atoms with van der Waals surface area (Å²) in [7, 11) is 4.10. The molecule has 2 heterocycles. The van der Waals surface area contributed by atoms with Crippen LogP contribution in [0.15, 0.2) is 48.7 Å². The van der Waals surface area contributed by atoms with Gasteiger partial charge in [-0.2, -0.15) is 4.98 Å². The Bertz CT molecular complexity index is 1190. The standard InChI is InChI=1S/C28H34N6O2/c1-34(2)25-22-11-6-7-13-24(22)32-28(33-25)31-20-16-14-19(15-17-20)30-26(35)23-12-8-18-29-27(23)36-21-9-4-3-5-10-21/h3-5,8-10,12,18-20H,6-7,11,13-17H2,1-2H3,(H,30,35)(H,31,32,33). The SMILES string of the molecule is CN(C)c1nc(NC2CCC(NC(=O)c3cccnc3Oc3ccccc3)CC2)nc2c1CCCC2. The first kappa shape index (κ1) is 24.0. The van der Waals surface area contributed by atoms with Crippen LogP contribution in [0.25, 0.3) is 0 Å². The van der Waals surface area contributed by atoms with E-state index in [4.69, 9.17) is 14.7 Å². The average Bonchev–Trinajstić information content (AvgIpc) is 2.90. The average molecular weight is 487 g/mol. The first-order valence-corrected chi connectivity index (χ1v) is 12.9. The number of hydrogen-bond acceptors (Lipinski definition) is 7. The monoisotopic (exact) mass is 486 g/mol. The van der Waals surface area contributed by atoms with Crippen LogP contribution in [-0.4, -0.2) is 47.0 Å². The van der Waals surface area contributed by atoms with Crippen molar-refractivity contribution in [3.8, 4) is 11.6 Å². The number of carbonyl (C=O) groups excluding carboxylic acids is 1. The van der Waals surface area contributed by atoms with E-state index in [9.17, 15) is 4.79 Å². The van der Waals surface area contributed by atoms with Gasteiger partial charge in [0.2, 0.25) is 11.8 Å². The Morgan fingerprint density at radius 1 is 0.944 bits per heavy atom. The summed E-state index contributed by atoms with van der Waals surface area (Å²) in [5.41, 5.74) is 2.93. The number of amides is 1. The van der Waals surface area contributed by atoms with Crippen LogP contribution in [0, 0.1) is 0 Å². The number of para-hydroxylation sites is 1. The molecule has 1 aromatic carbocycles. The first-order valence-electron chi connectivity index (χ1n) is 12.9. The lowest BCUT2D eigenvalue weighted by atomic mass is 9.91. The Morgan fingerprint density at radius 3 is 2.47 bits per heavy atom. The normalized spacial score (nSPS) is 19.2. The minimum Gasteiger partial charge on any atom is -0.438 e. The summed E-state index contributed by atoms with van der Waals surface area (Å²) in [6, 6.07) is 13.3. The molecule has 188 valence electrons. The fourth-order valence-corrected chi connectivity index (χ4v) is 5.08. The van der Waals surface area contributed by atoms with Gasteiger partial charge in [0, 0.05) is 37.9 Å². The van der Waals surface area contributed by atoms with Gasteiger partial charge in [-0.05, 0) is 75.6 Å². The zero-order valence-corrected chi connectivity index (χ0v) is 21.0. The zero-order valence-electron chi connectivity index (χ0n) is 21.0. The molecule has 0 aliphatic heterocycles. The predicted molar refractivity (Wildman–Crippen MR) is 141 cm³/mol. The number of pyridine rings is 1. The molecule has 2 aromatic heterocycles. The lowest BCUT2D eigenvalue weighted by Gasteiger charge is -2.30. The van der Waals surface area contributed by atoms with E-state index in [0.717, 1.165) is 50.3 Å². The molecule has 3 aromatic rings. The van der Waals surface area contributed by atoms with Gasteiger partial charge < -0.3 is 20.3 Å². The van der Waals surface area contributed by atoms with E-state index >= 15 is 0 Å². The van der Waals surface area contributed by atoms with Gasteiger partial charge >= 0.3 is 0 Å². The van der Waals surface area contributed by atoms with Gasteiger partial charge in [0.15, 0.2) is 0 Å². The van der Waals surface area contributed by atoms with E-state index < -0.39 is 0 Å². The van der Waals surface area contributed by atoms with E-state index in [1.807, 2.05) is 44.4 Å². The smallest absolute Gasteiger partial charge is 0.257 e. The van der Waals surface area contributed by atoms with Crippen LogP contribution >= 0.6 is 0 Å². The van der Waals surface area contributed by atoms with Crippen LogP contribution in [-0.2, 0) is 12.8 Å². The van der Waals surface area contributed by atoms with Crippen molar-refractivity contribution >= 4 is 17.7 Å². The van der Waals surface area contributed by atoms with Gasteiger partial charge in [-0.15, -0.1) is 0 Å². The molecule has 1 amide bonds. The summed E-state index contributed by atoms with van der Waals surface area (Å²) in [4.78, 5) is 29.2. The minimum absolute atomic E-state index is 0.113. The molecule has 2 aliphatic rings. The van der Waals surface area contributed by atoms with E-state index in [1.54, 1.807) is 18.3 Å². The van der Waals surface area contributed by atoms with Crippen LogP contribution in [0.3, 0.4) is 0 Å². The molecule has 0 unspecified atom stereocenters. The Labute approximate surface area is 212 Å². The Morgan fingerprint density at radius 2 is 1.69 bits per heavy atom. The van der Waals surface area contributed by atoms with E-state index in [0.29, 0.717) is 23.2 Å². The molecule has 2 N–H and O–H groups in total. The Kier molecular flexibility index (Phi) is 7.30.